The van der Waals surface area contributed by atoms with Gasteiger partial charge in [0.05, 0.1) is 6.61 Å². The highest BCUT2D eigenvalue weighted by atomic mass is 16.5. The summed E-state index contributed by atoms with van der Waals surface area (Å²) in [5, 5.41) is 13.3. The second-order valence-corrected chi connectivity index (χ2v) is 5.10. The van der Waals surface area contributed by atoms with E-state index in [2.05, 4.69) is 5.16 Å². The summed E-state index contributed by atoms with van der Waals surface area (Å²) in [5.41, 5.74) is 1.19. The number of hydrogen-bond acceptors (Lipinski definition) is 4. The first kappa shape index (κ1) is 15.1. The Morgan fingerprint density at radius 2 is 2.00 bits per heavy atom. The predicted molar refractivity (Wildman–Crippen MR) is 78.8 cm³/mol. The van der Waals surface area contributed by atoms with E-state index in [0.29, 0.717) is 23.6 Å². The molecule has 2 rings (SSSR count). The summed E-state index contributed by atoms with van der Waals surface area (Å²) >= 11 is 0. The monoisotopic (exact) mass is 289 g/mol. The van der Waals surface area contributed by atoms with E-state index in [1.54, 1.807) is 24.3 Å². The molecule has 21 heavy (non-hydrogen) atoms. The molecule has 0 amide bonds. The number of aromatic nitrogens is 1. The highest BCUT2D eigenvalue weighted by molar-refractivity contribution is 5.96. The van der Waals surface area contributed by atoms with Crippen molar-refractivity contribution in [1.82, 2.24) is 5.16 Å². The van der Waals surface area contributed by atoms with Crippen molar-refractivity contribution in [2.75, 3.05) is 6.61 Å². The molecule has 0 aliphatic carbocycles. The molecule has 2 aromatic rings. The molecule has 0 saturated carbocycles. The van der Waals surface area contributed by atoms with Gasteiger partial charge in [-0.1, -0.05) is 25.9 Å². The van der Waals surface area contributed by atoms with Crippen LogP contribution in [0.3, 0.4) is 0 Å². The van der Waals surface area contributed by atoms with Gasteiger partial charge in [0, 0.05) is 11.5 Å². The molecule has 0 aliphatic heterocycles. The van der Waals surface area contributed by atoms with Crippen LogP contribution < -0.4 is 4.74 Å². The molecule has 5 heteroatoms. The largest absolute Gasteiger partial charge is 0.494 e. The van der Waals surface area contributed by atoms with E-state index in [4.69, 9.17) is 9.26 Å². The van der Waals surface area contributed by atoms with Crippen molar-refractivity contribution in [3.8, 4) is 17.0 Å². The molecule has 0 saturated heterocycles. The van der Waals surface area contributed by atoms with Crippen LogP contribution in [-0.4, -0.2) is 22.8 Å². The van der Waals surface area contributed by atoms with E-state index < -0.39 is 5.97 Å². The summed E-state index contributed by atoms with van der Waals surface area (Å²) in [6.07, 6.45) is 0.936. The van der Waals surface area contributed by atoms with Crippen molar-refractivity contribution >= 4 is 5.97 Å². The van der Waals surface area contributed by atoms with E-state index in [0.717, 1.165) is 12.2 Å². The number of nitrogens with zero attached hydrogens (tertiary/aromatic N) is 1. The minimum atomic E-state index is -1.03. The van der Waals surface area contributed by atoms with Crippen LogP contribution in [0.4, 0.5) is 0 Å². The Labute approximate surface area is 123 Å². The summed E-state index contributed by atoms with van der Waals surface area (Å²) in [6.45, 7) is 6.44. The van der Waals surface area contributed by atoms with Gasteiger partial charge in [-0.3, -0.25) is 0 Å². The molecule has 0 spiro atoms. The predicted octanol–water partition coefficient (Wildman–Crippen LogP) is 3.95. The van der Waals surface area contributed by atoms with Gasteiger partial charge in [0.25, 0.3) is 0 Å². The molecule has 1 heterocycles. The van der Waals surface area contributed by atoms with Crippen LogP contribution in [0.15, 0.2) is 28.8 Å². The van der Waals surface area contributed by atoms with Gasteiger partial charge in [-0.15, -0.1) is 0 Å². The quantitative estimate of drug-likeness (QED) is 0.871. The number of carboxylic acids is 1. The van der Waals surface area contributed by atoms with Crippen molar-refractivity contribution in [1.29, 1.82) is 0 Å². The summed E-state index contributed by atoms with van der Waals surface area (Å²) < 4.78 is 10.7. The summed E-state index contributed by atoms with van der Waals surface area (Å²) in [4.78, 5) is 11.5. The number of ether oxygens (including phenoxy) is 1. The third-order valence-corrected chi connectivity index (χ3v) is 3.06. The lowest BCUT2D eigenvalue weighted by Crippen LogP contribution is -2.02. The van der Waals surface area contributed by atoms with Gasteiger partial charge in [0.15, 0.2) is 5.76 Å². The van der Waals surface area contributed by atoms with Crippen molar-refractivity contribution in [3.63, 3.8) is 0 Å². The van der Waals surface area contributed by atoms with Crippen LogP contribution >= 0.6 is 0 Å². The van der Waals surface area contributed by atoms with Gasteiger partial charge in [-0.2, -0.15) is 0 Å². The van der Waals surface area contributed by atoms with Crippen molar-refractivity contribution < 1.29 is 19.2 Å². The molecule has 0 fully saturated rings. The molecule has 1 aromatic carbocycles. The normalized spacial score (nSPS) is 10.9. The summed E-state index contributed by atoms with van der Waals surface area (Å²) in [7, 11) is 0. The number of benzene rings is 1. The zero-order chi connectivity index (χ0) is 15.4. The van der Waals surface area contributed by atoms with Crippen LogP contribution in [0.1, 0.15) is 49.2 Å². The van der Waals surface area contributed by atoms with Gasteiger partial charge in [0.1, 0.15) is 17.0 Å². The third kappa shape index (κ3) is 3.24. The fourth-order valence-corrected chi connectivity index (χ4v) is 2.03. The molecule has 1 aromatic heterocycles. The van der Waals surface area contributed by atoms with E-state index in [-0.39, 0.29) is 11.5 Å². The smallest absolute Gasteiger partial charge is 0.341 e. The Morgan fingerprint density at radius 3 is 2.52 bits per heavy atom. The maximum absolute atomic E-state index is 11.5. The Balaban J connectivity index is 2.35. The van der Waals surface area contributed by atoms with E-state index in [1.165, 1.54) is 0 Å². The van der Waals surface area contributed by atoms with Gasteiger partial charge in [-0.05, 0) is 30.7 Å². The maximum atomic E-state index is 11.5. The fraction of sp³-hybridized carbons (Fsp3) is 0.375. The average molecular weight is 289 g/mol. The minimum absolute atomic E-state index is 0.0375. The molecular formula is C16H19NO4. The highest BCUT2D eigenvalue weighted by Gasteiger charge is 2.25. The van der Waals surface area contributed by atoms with Crippen LogP contribution in [0.2, 0.25) is 0 Å². The number of hydrogen-bond donors (Lipinski definition) is 1. The van der Waals surface area contributed by atoms with Gasteiger partial charge in [-0.25, -0.2) is 4.79 Å². The van der Waals surface area contributed by atoms with Gasteiger partial charge >= 0.3 is 5.97 Å². The first-order chi connectivity index (χ1) is 10.0. The first-order valence-corrected chi connectivity index (χ1v) is 7.00. The zero-order valence-electron chi connectivity index (χ0n) is 12.4. The molecule has 0 unspecified atom stereocenters. The van der Waals surface area contributed by atoms with Gasteiger partial charge < -0.3 is 14.4 Å². The van der Waals surface area contributed by atoms with Crippen LogP contribution in [0.5, 0.6) is 5.75 Å². The lowest BCUT2D eigenvalue weighted by atomic mass is 10.0. The molecule has 0 atom stereocenters. The second-order valence-electron chi connectivity index (χ2n) is 5.10. The minimum Gasteiger partial charge on any atom is -0.494 e. The molecular weight excluding hydrogens is 270 g/mol. The van der Waals surface area contributed by atoms with E-state index >= 15 is 0 Å². The standard InChI is InChI=1S/C16H19NO4/c1-4-9-20-12-7-5-11(6-8-12)14-13(16(18)19)15(10(2)3)21-17-14/h5-8,10H,4,9H2,1-3H3,(H,18,19). The molecule has 0 bridgehead atoms. The Bertz CT molecular complexity index is 614. The van der Waals surface area contributed by atoms with Crippen molar-refractivity contribution in [3.05, 3.63) is 35.6 Å². The number of rotatable bonds is 6. The Kier molecular flexibility index (Phi) is 4.62. The highest BCUT2D eigenvalue weighted by Crippen LogP contribution is 2.30. The van der Waals surface area contributed by atoms with Crippen molar-refractivity contribution in [2.45, 2.75) is 33.1 Å². The SMILES string of the molecule is CCCOc1ccc(-c2noc(C(C)C)c2C(=O)O)cc1. The van der Waals surface area contributed by atoms with E-state index in [9.17, 15) is 9.90 Å². The molecule has 112 valence electrons. The lowest BCUT2D eigenvalue weighted by molar-refractivity contribution is 0.0694. The van der Waals surface area contributed by atoms with Crippen molar-refractivity contribution in [2.24, 2.45) is 0 Å². The van der Waals surface area contributed by atoms with Crippen LogP contribution in [0.25, 0.3) is 11.3 Å². The average Bonchev–Trinajstić information content (AvgIpc) is 2.91. The van der Waals surface area contributed by atoms with Gasteiger partial charge in [0.2, 0.25) is 0 Å². The molecule has 5 nitrogen and oxygen atoms in total. The molecule has 0 aliphatic rings. The number of carboxylic acid groups (broad SMARTS) is 1. The first-order valence-electron chi connectivity index (χ1n) is 7.00. The second kappa shape index (κ2) is 6.43. The van der Waals surface area contributed by atoms with Crippen LogP contribution in [0, 0.1) is 0 Å². The van der Waals surface area contributed by atoms with E-state index in [1.807, 2.05) is 20.8 Å². The maximum Gasteiger partial charge on any atom is 0.341 e. The number of carbonyl (C=O) groups is 1. The summed E-state index contributed by atoms with van der Waals surface area (Å²) in [5.74, 6) is 0.0830. The van der Waals surface area contributed by atoms with Crippen LogP contribution in [-0.2, 0) is 0 Å². The molecule has 1 N–H and O–H groups in total. The topological polar surface area (TPSA) is 72.6 Å². The lowest BCUT2D eigenvalue weighted by Gasteiger charge is -2.05. The Morgan fingerprint density at radius 1 is 1.33 bits per heavy atom. The number of aromatic carboxylic acids is 1. The Hall–Kier alpha value is -2.30. The molecule has 0 radical (unpaired) electrons. The fourth-order valence-electron chi connectivity index (χ4n) is 2.03. The third-order valence-electron chi connectivity index (χ3n) is 3.06. The summed E-state index contributed by atoms with van der Waals surface area (Å²) in [6, 6.07) is 7.19. The zero-order valence-corrected chi connectivity index (χ0v) is 12.4.